The predicted molar refractivity (Wildman–Crippen MR) is 101 cm³/mol. The second-order valence-corrected chi connectivity index (χ2v) is 9.96. The van der Waals surface area contributed by atoms with Gasteiger partial charge in [0.15, 0.2) is 0 Å². The molecule has 25 heavy (non-hydrogen) atoms. The minimum absolute atomic E-state index is 0.0324. The Morgan fingerprint density at radius 3 is 2.56 bits per heavy atom. The highest BCUT2D eigenvalue weighted by Gasteiger charge is 2.29. The maximum atomic E-state index is 12.7. The molecule has 0 saturated carbocycles. The number of nitrogens with zero attached hydrogens (tertiary/aromatic N) is 2. The first-order valence-corrected chi connectivity index (χ1v) is 10.4. The second kappa shape index (κ2) is 7.32. The molecule has 140 valence electrons. The van der Waals surface area contributed by atoms with E-state index in [4.69, 9.17) is 0 Å². The highest BCUT2D eigenvalue weighted by Crippen LogP contribution is 2.25. The average Bonchev–Trinajstić information content (AvgIpc) is 2.48. The molecule has 1 atom stereocenters. The van der Waals surface area contributed by atoms with Crippen LogP contribution >= 0.6 is 0 Å². The van der Waals surface area contributed by atoms with Crippen LogP contribution < -0.4 is 5.32 Å². The molecule has 2 aliphatic rings. The molecule has 2 heterocycles. The highest BCUT2D eigenvalue weighted by molar-refractivity contribution is 7.90. The van der Waals surface area contributed by atoms with Gasteiger partial charge in [0.2, 0.25) is 0 Å². The van der Waals surface area contributed by atoms with Crippen molar-refractivity contribution in [1.29, 1.82) is 0 Å². The summed E-state index contributed by atoms with van der Waals surface area (Å²) in [6.07, 6.45) is 6.89. The van der Waals surface area contributed by atoms with Crippen LogP contribution in [-0.2, 0) is 14.8 Å². The molecule has 0 aromatic heterocycles. The molecule has 0 fully saturated rings. The maximum Gasteiger partial charge on any atom is 0.256 e. The van der Waals surface area contributed by atoms with Crippen LogP contribution in [0, 0.1) is 11.3 Å². The Hall–Kier alpha value is -1.63. The molecule has 0 spiro atoms. The van der Waals surface area contributed by atoms with Gasteiger partial charge in [-0.1, -0.05) is 34.6 Å². The van der Waals surface area contributed by atoms with Gasteiger partial charge >= 0.3 is 0 Å². The highest BCUT2D eigenvalue weighted by atomic mass is 32.2. The van der Waals surface area contributed by atoms with Crippen molar-refractivity contribution in [2.45, 2.75) is 53.5 Å². The van der Waals surface area contributed by atoms with E-state index in [1.807, 2.05) is 0 Å². The number of carbonyl (C=O) groups is 1. The van der Waals surface area contributed by atoms with Crippen molar-refractivity contribution in [2.75, 3.05) is 12.3 Å². The van der Waals surface area contributed by atoms with Gasteiger partial charge in [0, 0.05) is 18.8 Å². The molecule has 1 unspecified atom stereocenters. The van der Waals surface area contributed by atoms with Crippen LogP contribution in [0.3, 0.4) is 0 Å². The summed E-state index contributed by atoms with van der Waals surface area (Å²) in [5, 5.41) is 3.15. The van der Waals surface area contributed by atoms with Gasteiger partial charge in [0.1, 0.15) is 5.84 Å². The minimum Gasteiger partial charge on any atom is -0.349 e. The molecule has 2 aliphatic heterocycles. The molecule has 6 nitrogen and oxygen atoms in total. The number of carbonyl (C=O) groups excluding carboxylic acids is 1. The van der Waals surface area contributed by atoms with E-state index in [1.54, 1.807) is 23.3 Å². The van der Waals surface area contributed by atoms with Gasteiger partial charge in [-0.25, -0.2) is 8.42 Å². The summed E-state index contributed by atoms with van der Waals surface area (Å²) in [5.41, 5.74) is 0.493. The Bertz CT molecular complexity index is 712. The normalized spacial score (nSPS) is 20.6. The summed E-state index contributed by atoms with van der Waals surface area (Å²) in [5.74, 6) is 0.793. The summed E-state index contributed by atoms with van der Waals surface area (Å²) in [4.78, 5) is 14.4. The minimum atomic E-state index is -3.38. The Balaban J connectivity index is 2.10. The summed E-state index contributed by atoms with van der Waals surface area (Å²) in [6.45, 7) is 11.1. The fraction of sp³-hybridized carbons (Fsp3) is 0.667. The number of amidine groups is 1. The number of amides is 1. The lowest BCUT2D eigenvalue weighted by molar-refractivity contribution is -0.118. The first kappa shape index (κ1) is 19.7. The van der Waals surface area contributed by atoms with E-state index in [9.17, 15) is 13.2 Å². The number of sulfonamides is 1. The van der Waals surface area contributed by atoms with Gasteiger partial charge in [0.25, 0.3) is 15.9 Å². The van der Waals surface area contributed by atoms with E-state index in [1.165, 1.54) is 0 Å². The Morgan fingerprint density at radius 1 is 1.28 bits per heavy atom. The van der Waals surface area contributed by atoms with Crippen LogP contribution in [0.15, 0.2) is 28.3 Å². The number of fused-ring (bicyclic) bond motifs is 1. The standard InChI is InChI=1S/C18H29N3O3S/c1-13(2)6-8-15(18(3,4)5)19-17(22)14-7-9-16-20-25(23,24)11-10-21(16)12-14/h7,9,12-13,15H,6,8,10-11H2,1-5H3,(H,19,22). The molecule has 0 bridgehead atoms. The lowest BCUT2D eigenvalue weighted by Gasteiger charge is -2.33. The molecule has 1 N–H and O–H groups in total. The number of hydrogen-bond donors (Lipinski definition) is 1. The smallest absolute Gasteiger partial charge is 0.256 e. The third-order valence-corrected chi connectivity index (χ3v) is 5.63. The lowest BCUT2D eigenvalue weighted by Crippen LogP contribution is -2.45. The van der Waals surface area contributed by atoms with E-state index in [0.29, 0.717) is 23.9 Å². The van der Waals surface area contributed by atoms with E-state index in [0.717, 1.165) is 12.8 Å². The molecule has 0 aliphatic carbocycles. The van der Waals surface area contributed by atoms with Crippen LogP contribution in [0.4, 0.5) is 0 Å². The lowest BCUT2D eigenvalue weighted by atomic mass is 9.82. The van der Waals surface area contributed by atoms with Crippen LogP contribution in [0.25, 0.3) is 0 Å². The average molecular weight is 368 g/mol. The first-order chi connectivity index (χ1) is 11.5. The molecule has 1 amide bonds. The zero-order valence-corrected chi connectivity index (χ0v) is 16.6. The van der Waals surface area contributed by atoms with Gasteiger partial charge in [-0.2, -0.15) is 0 Å². The number of nitrogens with one attached hydrogen (secondary N) is 1. The van der Waals surface area contributed by atoms with Crippen molar-refractivity contribution in [3.05, 3.63) is 23.9 Å². The molecule has 7 heteroatoms. The van der Waals surface area contributed by atoms with E-state index >= 15 is 0 Å². The fourth-order valence-electron chi connectivity index (χ4n) is 2.80. The SMILES string of the molecule is CC(C)CCC(NC(=O)C1=CN2CCS(=O)(=O)N=C2C=C1)C(C)(C)C. The maximum absolute atomic E-state index is 12.7. The van der Waals surface area contributed by atoms with Gasteiger partial charge in [0.05, 0.1) is 11.3 Å². The Kier molecular flexibility index (Phi) is 5.76. The van der Waals surface area contributed by atoms with Crippen molar-refractivity contribution < 1.29 is 13.2 Å². The van der Waals surface area contributed by atoms with Crippen LogP contribution in [0.2, 0.25) is 0 Å². The van der Waals surface area contributed by atoms with E-state index in [-0.39, 0.29) is 23.1 Å². The van der Waals surface area contributed by atoms with Crippen LogP contribution in [0.1, 0.15) is 47.5 Å². The predicted octanol–water partition coefficient (Wildman–Crippen LogP) is 2.45. The zero-order valence-electron chi connectivity index (χ0n) is 15.7. The van der Waals surface area contributed by atoms with Crippen LogP contribution in [0.5, 0.6) is 0 Å². The summed E-state index contributed by atoms with van der Waals surface area (Å²) in [6, 6.07) is 0.0773. The topological polar surface area (TPSA) is 78.8 Å². The van der Waals surface area contributed by atoms with Crippen molar-refractivity contribution >= 4 is 21.8 Å². The molecule has 2 rings (SSSR count). The summed E-state index contributed by atoms with van der Waals surface area (Å²) >= 11 is 0. The molecule has 0 saturated heterocycles. The molecular weight excluding hydrogens is 338 g/mol. The molecule has 0 aromatic carbocycles. The molecular formula is C18H29N3O3S. The molecule has 0 radical (unpaired) electrons. The Labute approximate surface area is 151 Å². The van der Waals surface area contributed by atoms with Crippen molar-refractivity contribution in [2.24, 2.45) is 15.7 Å². The quantitative estimate of drug-likeness (QED) is 0.809. The van der Waals surface area contributed by atoms with Crippen molar-refractivity contribution in [3.63, 3.8) is 0 Å². The van der Waals surface area contributed by atoms with Gasteiger partial charge in [-0.05, 0) is 36.3 Å². The Morgan fingerprint density at radius 2 is 1.96 bits per heavy atom. The number of hydrogen-bond acceptors (Lipinski definition) is 4. The zero-order chi connectivity index (χ0) is 18.8. The van der Waals surface area contributed by atoms with E-state index in [2.05, 4.69) is 44.3 Å². The van der Waals surface area contributed by atoms with E-state index < -0.39 is 10.0 Å². The van der Waals surface area contributed by atoms with Gasteiger partial charge in [-0.3, -0.25) is 4.79 Å². The third kappa shape index (κ3) is 5.42. The monoisotopic (exact) mass is 367 g/mol. The van der Waals surface area contributed by atoms with Crippen LogP contribution in [-0.4, -0.2) is 43.4 Å². The third-order valence-electron chi connectivity index (χ3n) is 4.47. The second-order valence-electron chi connectivity index (χ2n) is 8.21. The summed E-state index contributed by atoms with van der Waals surface area (Å²) < 4.78 is 26.8. The summed E-state index contributed by atoms with van der Waals surface area (Å²) in [7, 11) is -3.38. The largest absolute Gasteiger partial charge is 0.349 e. The van der Waals surface area contributed by atoms with Crippen molar-refractivity contribution in [3.8, 4) is 0 Å². The fourth-order valence-corrected chi connectivity index (χ4v) is 3.77. The van der Waals surface area contributed by atoms with Gasteiger partial charge in [-0.15, -0.1) is 4.40 Å². The first-order valence-electron chi connectivity index (χ1n) is 8.78. The molecule has 0 aromatic rings. The number of rotatable bonds is 5. The van der Waals surface area contributed by atoms with Crippen molar-refractivity contribution in [1.82, 2.24) is 10.2 Å². The van der Waals surface area contributed by atoms with Gasteiger partial charge < -0.3 is 10.2 Å².